The highest BCUT2D eigenvalue weighted by atomic mass is 14.9. The molecule has 22 heavy (non-hydrogen) atoms. The van der Waals surface area contributed by atoms with E-state index in [1.165, 1.54) is 11.1 Å². The maximum Gasteiger partial charge on any atom is 0.126 e. The molecular weight excluding hydrogens is 270 g/mol. The molecule has 0 heterocycles. The first-order valence-electron chi connectivity index (χ1n) is 8.12. The molecule has 0 saturated carbocycles. The van der Waals surface area contributed by atoms with E-state index < -0.39 is 0 Å². The highest BCUT2D eigenvalue weighted by Gasteiger charge is 2.06. The van der Waals surface area contributed by atoms with Crippen LogP contribution in [0.25, 0.3) is 0 Å². The number of benzene rings is 1. The highest BCUT2D eigenvalue weighted by molar-refractivity contribution is 6.07. The number of amidine groups is 1. The second-order valence-electron chi connectivity index (χ2n) is 5.76. The van der Waals surface area contributed by atoms with Crippen LogP contribution in [0.15, 0.2) is 40.0 Å². The minimum atomic E-state index is 0.781. The first-order valence-corrected chi connectivity index (χ1v) is 8.12. The minimum absolute atomic E-state index is 0.781. The van der Waals surface area contributed by atoms with Crippen molar-refractivity contribution >= 4 is 17.2 Å². The molecule has 1 rings (SSSR count). The number of nitrogens with zero attached hydrogens (tertiary/aromatic N) is 2. The van der Waals surface area contributed by atoms with E-state index in [2.05, 4.69) is 50.9 Å². The zero-order chi connectivity index (χ0) is 16.5. The smallest absolute Gasteiger partial charge is 0.126 e. The molecule has 0 aromatic heterocycles. The van der Waals surface area contributed by atoms with E-state index in [4.69, 9.17) is 10.7 Å². The van der Waals surface area contributed by atoms with Crippen molar-refractivity contribution in [3.8, 4) is 0 Å². The Morgan fingerprint density at radius 3 is 2.14 bits per heavy atom. The van der Waals surface area contributed by atoms with Gasteiger partial charge in [-0.05, 0) is 68.6 Å². The summed E-state index contributed by atoms with van der Waals surface area (Å²) in [4.78, 5) is 9.37. The minimum Gasteiger partial charge on any atom is -0.404 e. The van der Waals surface area contributed by atoms with Gasteiger partial charge in [-0.25, -0.2) is 9.98 Å². The second-order valence-corrected chi connectivity index (χ2v) is 5.76. The molecule has 0 aliphatic carbocycles. The number of aryl methyl sites for hydroxylation is 2. The molecule has 0 atom stereocenters. The van der Waals surface area contributed by atoms with Gasteiger partial charge in [0.15, 0.2) is 0 Å². The van der Waals surface area contributed by atoms with Crippen LogP contribution in [0.1, 0.15) is 57.6 Å². The molecule has 0 spiro atoms. The summed E-state index contributed by atoms with van der Waals surface area (Å²) in [5.41, 5.74) is 11.4. The monoisotopic (exact) mass is 299 g/mol. The Morgan fingerprint density at radius 1 is 1.05 bits per heavy atom. The molecule has 0 amide bonds. The maximum absolute atomic E-state index is 5.78. The summed E-state index contributed by atoms with van der Waals surface area (Å²) in [5.74, 6) is 0.781. The summed E-state index contributed by atoms with van der Waals surface area (Å²) in [5, 5.41) is 0. The van der Waals surface area contributed by atoms with Crippen molar-refractivity contribution in [3.63, 3.8) is 0 Å². The van der Waals surface area contributed by atoms with Crippen molar-refractivity contribution in [2.75, 3.05) is 0 Å². The van der Waals surface area contributed by atoms with Crippen LogP contribution in [0, 0.1) is 13.8 Å². The Hall–Kier alpha value is -1.90. The van der Waals surface area contributed by atoms with Gasteiger partial charge in [-0.3, -0.25) is 0 Å². The van der Waals surface area contributed by atoms with Crippen molar-refractivity contribution in [3.05, 3.63) is 41.1 Å². The summed E-state index contributed by atoms with van der Waals surface area (Å²) >= 11 is 0. The van der Waals surface area contributed by atoms with Crippen LogP contribution >= 0.6 is 0 Å². The number of rotatable bonds is 6. The summed E-state index contributed by atoms with van der Waals surface area (Å²) < 4.78 is 0. The summed E-state index contributed by atoms with van der Waals surface area (Å²) in [6, 6.07) is 6.31. The Labute approximate surface area is 135 Å². The van der Waals surface area contributed by atoms with Crippen LogP contribution in [-0.2, 0) is 0 Å². The lowest BCUT2D eigenvalue weighted by atomic mass is 10.0. The fourth-order valence-corrected chi connectivity index (χ4v) is 2.54. The predicted molar refractivity (Wildman–Crippen MR) is 98.2 cm³/mol. The van der Waals surface area contributed by atoms with Crippen LogP contribution in [0.4, 0.5) is 5.69 Å². The number of aliphatic imine (C=N–C) groups is 2. The molecular formula is C19H29N3. The summed E-state index contributed by atoms with van der Waals surface area (Å²) in [7, 11) is 0. The molecule has 0 unspecified atom stereocenters. The normalized spacial score (nSPS) is 13.6. The molecule has 1 aromatic rings. The van der Waals surface area contributed by atoms with Crippen molar-refractivity contribution in [1.29, 1.82) is 0 Å². The van der Waals surface area contributed by atoms with E-state index in [-0.39, 0.29) is 0 Å². The van der Waals surface area contributed by atoms with Gasteiger partial charge >= 0.3 is 0 Å². The van der Waals surface area contributed by atoms with E-state index in [1.54, 1.807) is 6.20 Å². The molecule has 1 aromatic carbocycles. The Balaban J connectivity index is 3.10. The maximum atomic E-state index is 5.78. The lowest BCUT2D eigenvalue weighted by Gasteiger charge is -2.09. The lowest BCUT2D eigenvalue weighted by molar-refractivity contribution is 0.911. The first-order chi connectivity index (χ1) is 10.5. The third-order valence-electron chi connectivity index (χ3n) is 3.37. The van der Waals surface area contributed by atoms with Crippen molar-refractivity contribution in [2.24, 2.45) is 15.7 Å². The topological polar surface area (TPSA) is 50.7 Å². The van der Waals surface area contributed by atoms with Gasteiger partial charge in [-0.1, -0.05) is 32.8 Å². The molecule has 0 bridgehead atoms. The van der Waals surface area contributed by atoms with Gasteiger partial charge in [-0.2, -0.15) is 0 Å². The summed E-state index contributed by atoms with van der Waals surface area (Å²) in [6.07, 6.45) is 5.72. The zero-order valence-corrected chi connectivity index (χ0v) is 14.6. The highest BCUT2D eigenvalue weighted by Crippen LogP contribution is 2.18. The van der Waals surface area contributed by atoms with Crippen molar-refractivity contribution in [2.45, 2.75) is 60.3 Å². The van der Waals surface area contributed by atoms with Crippen LogP contribution in [0.2, 0.25) is 0 Å². The van der Waals surface area contributed by atoms with Gasteiger partial charge in [0.25, 0.3) is 0 Å². The SMILES string of the molecule is CCCC(=NC(C)=Nc1cc(C)cc(C)c1)/C(=C\N)CCC. The molecule has 120 valence electrons. The average Bonchev–Trinajstić information content (AvgIpc) is 2.43. The number of hydrogen-bond donors (Lipinski definition) is 1. The molecule has 3 heteroatoms. The van der Waals surface area contributed by atoms with Gasteiger partial charge in [0, 0.05) is 5.71 Å². The number of allylic oxidation sites excluding steroid dienone is 1. The van der Waals surface area contributed by atoms with E-state index in [9.17, 15) is 0 Å². The number of nitrogens with two attached hydrogens (primary N) is 1. The fourth-order valence-electron chi connectivity index (χ4n) is 2.54. The Kier molecular flexibility index (Phi) is 7.58. The van der Waals surface area contributed by atoms with Crippen LogP contribution < -0.4 is 5.73 Å². The van der Waals surface area contributed by atoms with Crippen molar-refractivity contribution < 1.29 is 0 Å². The first kappa shape index (κ1) is 18.1. The van der Waals surface area contributed by atoms with E-state index >= 15 is 0 Å². The predicted octanol–water partition coefficient (Wildman–Crippen LogP) is 5.24. The number of hydrogen-bond acceptors (Lipinski definition) is 2. The standard InChI is InChI=1S/C19H29N3/c1-6-8-17(13-20)19(9-7-2)22-16(5)21-18-11-14(3)10-15(4)12-18/h10-13H,6-9,20H2,1-5H3/b17-13-,21-16?,22-19?. The molecule has 0 saturated heterocycles. The van der Waals surface area contributed by atoms with E-state index in [1.807, 2.05) is 6.92 Å². The molecule has 3 nitrogen and oxygen atoms in total. The third-order valence-corrected chi connectivity index (χ3v) is 3.37. The van der Waals surface area contributed by atoms with E-state index in [0.29, 0.717) is 0 Å². The van der Waals surface area contributed by atoms with Gasteiger partial charge < -0.3 is 5.73 Å². The molecule has 2 N–H and O–H groups in total. The molecule has 0 aliphatic heterocycles. The molecule has 0 aliphatic rings. The largest absolute Gasteiger partial charge is 0.404 e. The van der Waals surface area contributed by atoms with Crippen LogP contribution in [0.3, 0.4) is 0 Å². The average molecular weight is 299 g/mol. The Morgan fingerprint density at radius 2 is 1.64 bits per heavy atom. The van der Waals surface area contributed by atoms with Crippen LogP contribution in [-0.4, -0.2) is 11.5 Å². The Bertz CT molecular complexity index is 560. The summed E-state index contributed by atoms with van der Waals surface area (Å²) in [6.45, 7) is 10.4. The third kappa shape index (κ3) is 5.84. The second kappa shape index (κ2) is 9.19. The van der Waals surface area contributed by atoms with Gasteiger partial charge in [0.1, 0.15) is 5.84 Å². The molecule has 0 radical (unpaired) electrons. The fraction of sp³-hybridized carbons (Fsp3) is 0.474. The van der Waals surface area contributed by atoms with Crippen LogP contribution in [0.5, 0.6) is 0 Å². The molecule has 0 fully saturated rings. The quantitative estimate of drug-likeness (QED) is 0.567. The lowest BCUT2D eigenvalue weighted by Crippen LogP contribution is -2.07. The van der Waals surface area contributed by atoms with Gasteiger partial charge in [0.2, 0.25) is 0 Å². The zero-order valence-electron chi connectivity index (χ0n) is 14.6. The van der Waals surface area contributed by atoms with Gasteiger partial charge in [0.05, 0.1) is 5.69 Å². The van der Waals surface area contributed by atoms with Gasteiger partial charge in [-0.15, -0.1) is 0 Å². The van der Waals surface area contributed by atoms with E-state index in [0.717, 1.165) is 48.5 Å². The van der Waals surface area contributed by atoms with Crippen molar-refractivity contribution in [1.82, 2.24) is 0 Å².